The first-order chi connectivity index (χ1) is 8.52. The van der Waals surface area contributed by atoms with Crippen molar-refractivity contribution < 1.29 is 17.9 Å². The molecule has 0 unspecified atom stereocenters. The van der Waals surface area contributed by atoms with Gasteiger partial charge in [0, 0.05) is 19.3 Å². The lowest BCUT2D eigenvalue weighted by Gasteiger charge is -2.28. The predicted octanol–water partition coefficient (Wildman–Crippen LogP) is 0.103. The fourth-order valence-corrected chi connectivity index (χ4v) is 3.00. The van der Waals surface area contributed by atoms with Gasteiger partial charge in [0.1, 0.15) is 0 Å². The van der Waals surface area contributed by atoms with Crippen LogP contribution in [0.25, 0.3) is 0 Å². The predicted molar refractivity (Wildman–Crippen MR) is 66.4 cm³/mol. The minimum Gasteiger partial charge on any atom is -0.465 e. The number of hydrogen-bond acceptors (Lipinski definition) is 6. The van der Waals surface area contributed by atoms with Crippen LogP contribution >= 0.6 is 0 Å². The molecule has 2 heterocycles. The highest BCUT2D eigenvalue weighted by molar-refractivity contribution is 7.91. The van der Waals surface area contributed by atoms with Crippen molar-refractivity contribution in [2.75, 3.05) is 36.6 Å². The Bertz CT molecular complexity index is 542. The smallest absolute Gasteiger partial charge is 0.339 e. The van der Waals surface area contributed by atoms with Gasteiger partial charge in [-0.15, -0.1) is 0 Å². The Kier molecular flexibility index (Phi) is 3.51. The molecule has 1 aromatic heterocycles. The summed E-state index contributed by atoms with van der Waals surface area (Å²) < 4.78 is 27.3. The maximum Gasteiger partial charge on any atom is 0.339 e. The highest BCUT2D eigenvalue weighted by atomic mass is 32.2. The molecule has 0 spiro atoms. The summed E-state index contributed by atoms with van der Waals surface area (Å²) in [4.78, 5) is 17.3. The van der Waals surface area contributed by atoms with E-state index in [-0.39, 0.29) is 11.5 Å². The lowest BCUT2D eigenvalue weighted by molar-refractivity contribution is 0.0600. The Balaban J connectivity index is 2.17. The Morgan fingerprint density at radius 1 is 1.33 bits per heavy atom. The van der Waals surface area contributed by atoms with E-state index in [1.807, 2.05) is 4.90 Å². The van der Waals surface area contributed by atoms with E-state index in [9.17, 15) is 13.2 Å². The number of ether oxygens (including phenoxy) is 1. The maximum atomic E-state index is 11.4. The quantitative estimate of drug-likeness (QED) is 0.710. The molecule has 7 heteroatoms. The summed E-state index contributed by atoms with van der Waals surface area (Å²) in [6, 6.07) is 1.66. The minimum absolute atomic E-state index is 0.134. The summed E-state index contributed by atoms with van der Waals surface area (Å²) in [6.07, 6.45) is 3.04. The maximum absolute atomic E-state index is 11.4. The van der Waals surface area contributed by atoms with Gasteiger partial charge in [-0.2, -0.15) is 0 Å². The summed E-state index contributed by atoms with van der Waals surface area (Å²) in [5, 5.41) is 0. The molecule has 18 heavy (non-hydrogen) atoms. The third-order valence-electron chi connectivity index (χ3n) is 2.85. The standard InChI is InChI=1S/C11H14N2O4S/c1-17-11(14)9-6-10(8-12-7-9)13-2-4-18(15,16)5-3-13/h6-8H,2-5H2,1H3. The molecule has 0 atom stereocenters. The van der Waals surface area contributed by atoms with Crippen LogP contribution in [-0.2, 0) is 14.6 Å². The average molecular weight is 270 g/mol. The summed E-state index contributed by atoms with van der Waals surface area (Å²) in [6.45, 7) is 0.850. The van der Waals surface area contributed by atoms with E-state index in [2.05, 4.69) is 9.72 Å². The number of carbonyl (C=O) groups excluding carboxylic acids is 1. The third kappa shape index (κ3) is 2.79. The van der Waals surface area contributed by atoms with Crippen LogP contribution < -0.4 is 4.90 Å². The second kappa shape index (κ2) is 4.93. The number of rotatable bonds is 2. The second-order valence-corrected chi connectivity index (χ2v) is 6.37. The van der Waals surface area contributed by atoms with E-state index in [1.165, 1.54) is 13.3 Å². The molecule has 1 aromatic rings. The normalized spacial score (nSPS) is 18.4. The zero-order chi connectivity index (χ0) is 13.2. The fourth-order valence-electron chi connectivity index (χ4n) is 1.80. The van der Waals surface area contributed by atoms with Gasteiger partial charge in [-0.3, -0.25) is 4.98 Å². The van der Waals surface area contributed by atoms with Gasteiger partial charge in [-0.1, -0.05) is 0 Å². The van der Waals surface area contributed by atoms with Crippen molar-refractivity contribution in [3.8, 4) is 0 Å². The van der Waals surface area contributed by atoms with Crippen molar-refractivity contribution in [1.29, 1.82) is 0 Å². The number of methoxy groups -OCH3 is 1. The Hall–Kier alpha value is -1.63. The molecule has 1 saturated heterocycles. The molecule has 0 N–H and O–H groups in total. The van der Waals surface area contributed by atoms with Gasteiger partial charge in [-0.25, -0.2) is 13.2 Å². The lowest BCUT2D eigenvalue weighted by atomic mass is 10.2. The molecule has 6 nitrogen and oxygen atoms in total. The van der Waals surface area contributed by atoms with Crippen LogP contribution in [0.1, 0.15) is 10.4 Å². The fraction of sp³-hybridized carbons (Fsp3) is 0.455. The van der Waals surface area contributed by atoms with Gasteiger partial charge >= 0.3 is 5.97 Å². The number of nitrogens with zero attached hydrogens (tertiary/aromatic N) is 2. The first-order valence-corrected chi connectivity index (χ1v) is 7.33. The van der Waals surface area contributed by atoms with Crippen molar-refractivity contribution >= 4 is 21.5 Å². The molecule has 1 aliphatic heterocycles. The first kappa shape index (κ1) is 12.8. The molecule has 2 rings (SSSR count). The molecular formula is C11H14N2O4S. The number of hydrogen-bond donors (Lipinski definition) is 0. The van der Waals surface area contributed by atoms with E-state index < -0.39 is 15.8 Å². The van der Waals surface area contributed by atoms with Crippen molar-refractivity contribution in [2.24, 2.45) is 0 Å². The highest BCUT2D eigenvalue weighted by Gasteiger charge is 2.22. The van der Waals surface area contributed by atoms with Crippen molar-refractivity contribution in [2.45, 2.75) is 0 Å². The Labute approximate surface area is 105 Å². The third-order valence-corrected chi connectivity index (χ3v) is 4.46. The number of carbonyl (C=O) groups is 1. The average Bonchev–Trinajstić information content (AvgIpc) is 2.38. The molecule has 0 amide bonds. The zero-order valence-electron chi connectivity index (χ0n) is 10.00. The number of sulfone groups is 1. The zero-order valence-corrected chi connectivity index (χ0v) is 10.8. The van der Waals surface area contributed by atoms with E-state index in [4.69, 9.17) is 0 Å². The van der Waals surface area contributed by atoms with Gasteiger partial charge in [0.2, 0.25) is 0 Å². The van der Waals surface area contributed by atoms with Crippen LogP contribution in [0.3, 0.4) is 0 Å². The molecule has 0 radical (unpaired) electrons. The lowest BCUT2D eigenvalue weighted by Crippen LogP contribution is -2.40. The number of pyridine rings is 1. The minimum atomic E-state index is -2.91. The van der Waals surface area contributed by atoms with Crippen LogP contribution in [0, 0.1) is 0 Å². The van der Waals surface area contributed by atoms with E-state index in [0.717, 1.165) is 5.69 Å². The molecule has 0 aromatic carbocycles. The van der Waals surface area contributed by atoms with Crippen molar-refractivity contribution in [3.63, 3.8) is 0 Å². The molecule has 0 aliphatic carbocycles. The summed E-state index contributed by atoms with van der Waals surface area (Å²) >= 11 is 0. The molecular weight excluding hydrogens is 256 g/mol. The van der Waals surface area contributed by atoms with Crippen LogP contribution in [0.5, 0.6) is 0 Å². The van der Waals surface area contributed by atoms with E-state index >= 15 is 0 Å². The Morgan fingerprint density at radius 3 is 2.61 bits per heavy atom. The monoisotopic (exact) mass is 270 g/mol. The van der Waals surface area contributed by atoms with E-state index in [0.29, 0.717) is 18.7 Å². The second-order valence-electron chi connectivity index (χ2n) is 4.06. The topological polar surface area (TPSA) is 76.6 Å². The van der Waals surface area contributed by atoms with Gasteiger partial charge < -0.3 is 9.64 Å². The number of aromatic nitrogens is 1. The van der Waals surface area contributed by atoms with Crippen LogP contribution in [-0.4, -0.2) is 51.1 Å². The van der Waals surface area contributed by atoms with Gasteiger partial charge in [0.15, 0.2) is 9.84 Å². The molecule has 1 fully saturated rings. The molecule has 0 bridgehead atoms. The molecule has 98 valence electrons. The summed E-state index contributed by atoms with van der Waals surface area (Å²) in [7, 11) is -1.60. The van der Waals surface area contributed by atoms with Crippen LogP contribution in [0.4, 0.5) is 5.69 Å². The van der Waals surface area contributed by atoms with Gasteiger partial charge in [0.05, 0.1) is 36.1 Å². The SMILES string of the molecule is COC(=O)c1cncc(N2CCS(=O)(=O)CC2)c1. The summed E-state index contributed by atoms with van der Waals surface area (Å²) in [5.41, 5.74) is 1.11. The Morgan fingerprint density at radius 2 is 2.00 bits per heavy atom. The summed E-state index contributed by atoms with van der Waals surface area (Å²) in [5.74, 6) is -0.181. The first-order valence-electron chi connectivity index (χ1n) is 5.50. The molecule has 1 aliphatic rings. The number of esters is 1. The number of anilines is 1. The van der Waals surface area contributed by atoms with Gasteiger partial charge in [-0.05, 0) is 6.07 Å². The van der Waals surface area contributed by atoms with E-state index in [1.54, 1.807) is 12.3 Å². The van der Waals surface area contributed by atoms with Crippen LogP contribution in [0.2, 0.25) is 0 Å². The van der Waals surface area contributed by atoms with Crippen LogP contribution in [0.15, 0.2) is 18.5 Å². The van der Waals surface area contributed by atoms with Gasteiger partial charge in [0.25, 0.3) is 0 Å². The largest absolute Gasteiger partial charge is 0.465 e. The highest BCUT2D eigenvalue weighted by Crippen LogP contribution is 2.17. The van der Waals surface area contributed by atoms with Crippen molar-refractivity contribution in [1.82, 2.24) is 4.98 Å². The van der Waals surface area contributed by atoms with Crippen molar-refractivity contribution in [3.05, 3.63) is 24.0 Å². The molecule has 0 saturated carbocycles.